The first-order chi connectivity index (χ1) is 8.49. The van der Waals surface area contributed by atoms with Crippen molar-refractivity contribution in [3.05, 3.63) is 18.2 Å². The minimum Gasteiger partial charge on any atom is -0.481 e. The van der Waals surface area contributed by atoms with Gasteiger partial charge in [-0.15, -0.1) is 0 Å². The van der Waals surface area contributed by atoms with Crippen molar-refractivity contribution in [3.8, 4) is 0 Å². The van der Waals surface area contributed by atoms with Crippen molar-refractivity contribution in [1.29, 1.82) is 0 Å². The molecule has 1 aromatic rings. The largest absolute Gasteiger partial charge is 0.481 e. The fourth-order valence-corrected chi connectivity index (χ4v) is 1.15. The molecule has 104 valence electrons. The second kappa shape index (κ2) is 9.61. The summed E-state index contributed by atoms with van der Waals surface area (Å²) in [5.74, 6) is -0.773. The Hall–Kier alpha value is -1.40. The Balaban J connectivity index is 0.000000494. The van der Waals surface area contributed by atoms with Crippen LogP contribution >= 0.6 is 0 Å². The van der Waals surface area contributed by atoms with Crippen LogP contribution in [0.4, 0.5) is 0 Å². The van der Waals surface area contributed by atoms with Crippen LogP contribution in [0.25, 0.3) is 0 Å². The molecule has 0 saturated heterocycles. The zero-order chi connectivity index (χ0) is 14.0. The maximum Gasteiger partial charge on any atom is 0.303 e. The standard InChI is InChI=1S/C9H14N2O2.C3H9NO/c1-2-5-11-6-8(10-7-11)3-4-9(12)13;1-3(5)2-4/h6-7H,2-5H2,1H3,(H,12,13);3,5H,2,4H2,1H3. The summed E-state index contributed by atoms with van der Waals surface area (Å²) in [7, 11) is 0. The van der Waals surface area contributed by atoms with E-state index in [2.05, 4.69) is 11.9 Å². The van der Waals surface area contributed by atoms with Crippen molar-refractivity contribution < 1.29 is 15.0 Å². The van der Waals surface area contributed by atoms with Crippen LogP contribution in [0.2, 0.25) is 0 Å². The zero-order valence-electron chi connectivity index (χ0n) is 11.0. The molecule has 0 aliphatic heterocycles. The van der Waals surface area contributed by atoms with Crippen LogP contribution in [0.5, 0.6) is 0 Å². The van der Waals surface area contributed by atoms with Gasteiger partial charge >= 0.3 is 5.97 Å². The molecular formula is C12H23N3O3. The van der Waals surface area contributed by atoms with Gasteiger partial charge in [0.2, 0.25) is 0 Å². The number of carboxylic acids is 1. The van der Waals surface area contributed by atoms with Crippen LogP contribution in [0.15, 0.2) is 12.5 Å². The molecule has 0 aromatic carbocycles. The second-order valence-electron chi connectivity index (χ2n) is 4.08. The normalized spacial score (nSPS) is 11.6. The number of rotatable bonds is 6. The summed E-state index contributed by atoms with van der Waals surface area (Å²) in [6, 6.07) is 0. The maximum absolute atomic E-state index is 10.3. The average molecular weight is 257 g/mol. The number of nitrogens with two attached hydrogens (primary N) is 1. The van der Waals surface area contributed by atoms with Crippen LogP contribution in [0.1, 0.15) is 32.4 Å². The van der Waals surface area contributed by atoms with E-state index in [1.165, 1.54) is 0 Å². The van der Waals surface area contributed by atoms with E-state index in [0.717, 1.165) is 18.7 Å². The summed E-state index contributed by atoms with van der Waals surface area (Å²) in [5, 5.41) is 16.7. The minimum atomic E-state index is -0.773. The van der Waals surface area contributed by atoms with Crippen LogP contribution in [-0.2, 0) is 17.8 Å². The number of nitrogens with zero attached hydrogens (tertiary/aromatic N) is 2. The van der Waals surface area contributed by atoms with Crippen molar-refractivity contribution in [2.75, 3.05) is 6.54 Å². The lowest BCUT2D eigenvalue weighted by Gasteiger charge is -1.95. The molecule has 0 saturated carbocycles. The van der Waals surface area contributed by atoms with Gasteiger partial charge in [0.05, 0.1) is 24.5 Å². The number of aliphatic hydroxyl groups is 1. The van der Waals surface area contributed by atoms with Crippen LogP contribution in [0.3, 0.4) is 0 Å². The third-order valence-corrected chi connectivity index (χ3v) is 2.10. The first-order valence-corrected chi connectivity index (χ1v) is 6.10. The molecule has 6 heteroatoms. The quantitative estimate of drug-likeness (QED) is 0.694. The summed E-state index contributed by atoms with van der Waals surface area (Å²) in [6.45, 7) is 5.05. The predicted molar refractivity (Wildman–Crippen MR) is 69.2 cm³/mol. The number of aromatic nitrogens is 2. The van der Waals surface area contributed by atoms with Gasteiger partial charge in [-0.25, -0.2) is 4.98 Å². The molecule has 1 atom stereocenters. The van der Waals surface area contributed by atoms with Crippen molar-refractivity contribution in [2.45, 2.75) is 45.8 Å². The van der Waals surface area contributed by atoms with E-state index in [4.69, 9.17) is 15.9 Å². The van der Waals surface area contributed by atoms with Crippen LogP contribution in [0, 0.1) is 0 Å². The average Bonchev–Trinajstić information content (AvgIpc) is 2.75. The molecule has 0 spiro atoms. The lowest BCUT2D eigenvalue weighted by atomic mass is 10.2. The fraction of sp³-hybridized carbons (Fsp3) is 0.667. The van der Waals surface area contributed by atoms with E-state index < -0.39 is 5.97 Å². The summed E-state index contributed by atoms with van der Waals surface area (Å²) in [4.78, 5) is 14.4. The summed E-state index contributed by atoms with van der Waals surface area (Å²) >= 11 is 0. The highest BCUT2D eigenvalue weighted by Gasteiger charge is 2.01. The van der Waals surface area contributed by atoms with E-state index in [-0.39, 0.29) is 12.5 Å². The van der Waals surface area contributed by atoms with Gasteiger partial charge in [0.25, 0.3) is 0 Å². The predicted octanol–water partition coefficient (Wildman–Crippen LogP) is 0.636. The number of aliphatic hydroxyl groups excluding tert-OH is 1. The molecule has 1 unspecified atom stereocenters. The van der Waals surface area contributed by atoms with E-state index in [9.17, 15) is 4.79 Å². The van der Waals surface area contributed by atoms with Gasteiger partial charge < -0.3 is 20.5 Å². The van der Waals surface area contributed by atoms with Gasteiger partial charge in [-0.05, 0) is 13.3 Å². The van der Waals surface area contributed by atoms with Crippen molar-refractivity contribution in [2.24, 2.45) is 5.73 Å². The number of aryl methyl sites for hydroxylation is 2. The second-order valence-corrected chi connectivity index (χ2v) is 4.08. The van der Waals surface area contributed by atoms with Crippen LogP contribution in [-0.4, -0.2) is 38.4 Å². The SMILES string of the molecule is CC(O)CN.CCCn1cnc(CCC(=O)O)c1. The number of imidazole rings is 1. The van der Waals surface area contributed by atoms with E-state index >= 15 is 0 Å². The molecule has 0 aliphatic carbocycles. The Morgan fingerprint density at radius 3 is 2.67 bits per heavy atom. The highest BCUT2D eigenvalue weighted by molar-refractivity contribution is 5.66. The monoisotopic (exact) mass is 257 g/mol. The van der Waals surface area contributed by atoms with E-state index in [1.807, 2.05) is 10.8 Å². The topological polar surface area (TPSA) is 101 Å². The number of aliphatic carboxylic acids is 1. The highest BCUT2D eigenvalue weighted by atomic mass is 16.4. The van der Waals surface area contributed by atoms with Gasteiger partial charge in [-0.2, -0.15) is 0 Å². The number of carboxylic acid groups (broad SMARTS) is 1. The first-order valence-electron chi connectivity index (χ1n) is 6.10. The summed E-state index contributed by atoms with van der Waals surface area (Å²) in [6.07, 6.45) is 5.06. The first kappa shape index (κ1) is 16.6. The van der Waals surface area contributed by atoms with Crippen molar-refractivity contribution in [3.63, 3.8) is 0 Å². The molecule has 0 aliphatic rings. The smallest absolute Gasteiger partial charge is 0.303 e. The molecule has 0 bridgehead atoms. The zero-order valence-corrected chi connectivity index (χ0v) is 11.0. The summed E-state index contributed by atoms with van der Waals surface area (Å²) < 4.78 is 1.98. The Kier molecular flexibility index (Phi) is 8.86. The molecule has 18 heavy (non-hydrogen) atoms. The molecule has 4 N–H and O–H groups in total. The van der Waals surface area contributed by atoms with E-state index in [0.29, 0.717) is 13.0 Å². The lowest BCUT2D eigenvalue weighted by Crippen LogP contribution is -2.14. The molecule has 0 fully saturated rings. The Morgan fingerprint density at radius 2 is 2.22 bits per heavy atom. The molecule has 0 radical (unpaired) electrons. The third-order valence-electron chi connectivity index (χ3n) is 2.10. The van der Waals surface area contributed by atoms with Crippen molar-refractivity contribution >= 4 is 5.97 Å². The van der Waals surface area contributed by atoms with Crippen LogP contribution < -0.4 is 5.73 Å². The Labute approximate surface area is 107 Å². The number of hydrogen-bond donors (Lipinski definition) is 3. The molecule has 1 heterocycles. The highest BCUT2D eigenvalue weighted by Crippen LogP contribution is 2.01. The molecule has 1 rings (SSSR count). The Bertz CT molecular complexity index is 337. The molecule has 0 amide bonds. The number of carbonyl (C=O) groups is 1. The van der Waals surface area contributed by atoms with Crippen molar-refractivity contribution in [1.82, 2.24) is 9.55 Å². The maximum atomic E-state index is 10.3. The van der Waals surface area contributed by atoms with Gasteiger partial charge in [-0.3, -0.25) is 4.79 Å². The summed E-state index contributed by atoms with van der Waals surface area (Å²) in [5.41, 5.74) is 5.78. The van der Waals surface area contributed by atoms with Gasteiger partial charge in [-0.1, -0.05) is 6.92 Å². The molecule has 6 nitrogen and oxygen atoms in total. The lowest BCUT2D eigenvalue weighted by molar-refractivity contribution is -0.136. The van der Waals surface area contributed by atoms with Gasteiger partial charge in [0.1, 0.15) is 0 Å². The van der Waals surface area contributed by atoms with Gasteiger partial charge in [0, 0.05) is 25.7 Å². The number of hydrogen-bond acceptors (Lipinski definition) is 4. The minimum absolute atomic E-state index is 0.156. The molecule has 1 aromatic heterocycles. The van der Waals surface area contributed by atoms with Gasteiger partial charge in [0.15, 0.2) is 0 Å². The molecular weight excluding hydrogens is 234 g/mol. The third kappa shape index (κ3) is 8.72. The Morgan fingerprint density at radius 1 is 1.61 bits per heavy atom. The van der Waals surface area contributed by atoms with E-state index in [1.54, 1.807) is 13.3 Å². The fourth-order valence-electron chi connectivity index (χ4n) is 1.15.